The van der Waals surface area contributed by atoms with Gasteiger partial charge in [-0.2, -0.15) is 0 Å². The van der Waals surface area contributed by atoms with Crippen LogP contribution in [0.1, 0.15) is 32.1 Å². The van der Waals surface area contributed by atoms with Gasteiger partial charge in [0.2, 0.25) is 0 Å². The van der Waals surface area contributed by atoms with Crippen LogP contribution in [0, 0.1) is 5.92 Å². The number of aromatic nitrogens is 3. The summed E-state index contributed by atoms with van der Waals surface area (Å²) in [6.07, 6.45) is 9.98. The van der Waals surface area contributed by atoms with Crippen molar-refractivity contribution in [3.8, 4) is 0 Å². The number of rotatable bonds is 6. The lowest BCUT2D eigenvalue weighted by Crippen LogP contribution is -2.42. The van der Waals surface area contributed by atoms with E-state index < -0.39 is 0 Å². The van der Waals surface area contributed by atoms with E-state index in [-0.39, 0.29) is 0 Å². The molecule has 0 amide bonds. The van der Waals surface area contributed by atoms with E-state index in [2.05, 4.69) is 15.6 Å². The highest BCUT2D eigenvalue weighted by molar-refractivity contribution is 4.81. The maximum Gasteiger partial charge on any atom is 0.0692 e. The largest absolute Gasteiger partial charge is 0.330 e. The molecule has 1 heterocycles. The molecule has 0 radical (unpaired) electrons. The highest BCUT2D eigenvalue weighted by Gasteiger charge is 2.22. The van der Waals surface area contributed by atoms with Gasteiger partial charge in [-0.25, -0.2) is 0 Å². The number of nitrogens with two attached hydrogens (primary N) is 1. The van der Waals surface area contributed by atoms with Crippen molar-refractivity contribution in [3.63, 3.8) is 0 Å². The predicted octanol–water partition coefficient (Wildman–Crippen LogP) is 0.775. The fraction of sp³-hybridized carbons (Fsp3) is 0.833. The van der Waals surface area contributed by atoms with Crippen LogP contribution in [0.15, 0.2) is 12.4 Å². The van der Waals surface area contributed by atoms with Crippen molar-refractivity contribution in [2.24, 2.45) is 11.7 Å². The molecule has 2 unspecified atom stereocenters. The Morgan fingerprint density at radius 3 is 3.00 bits per heavy atom. The maximum atomic E-state index is 5.81. The van der Waals surface area contributed by atoms with Crippen LogP contribution in [0.25, 0.3) is 0 Å². The third-order valence-electron chi connectivity index (χ3n) is 3.65. The van der Waals surface area contributed by atoms with Crippen LogP contribution in [0.4, 0.5) is 0 Å². The standard InChI is InChI=1S/C12H23N5/c13-10-11-4-1-2-5-12(11)14-6-3-8-17-9-7-15-16-17/h7,9,11-12,14H,1-6,8,10,13H2. The summed E-state index contributed by atoms with van der Waals surface area (Å²) in [5.74, 6) is 0.676. The van der Waals surface area contributed by atoms with Crippen LogP contribution in [0.5, 0.6) is 0 Å². The lowest BCUT2D eigenvalue weighted by Gasteiger charge is -2.31. The number of nitrogens with one attached hydrogen (secondary N) is 1. The first-order valence-corrected chi connectivity index (χ1v) is 6.67. The molecule has 0 aliphatic heterocycles. The first kappa shape index (κ1) is 12.5. The van der Waals surface area contributed by atoms with Crippen LogP contribution in [0.3, 0.4) is 0 Å². The zero-order chi connectivity index (χ0) is 11.9. The molecule has 1 fully saturated rings. The van der Waals surface area contributed by atoms with Gasteiger partial charge in [-0.05, 0) is 38.3 Å². The van der Waals surface area contributed by atoms with E-state index >= 15 is 0 Å². The lowest BCUT2D eigenvalue weighted by molar-refractivity contribution is 0.266. The van der Waals surface area contributed by atoms with E-state index in [1.807, 2.05) is 10.9 Å². The molecule has 5 heteroatoms. The second kappa shape index (κ2) is 6.71. The van der Waals surface area contributed by atoms with Gasteiger partial charge in [0.1, 0.15) is 0 Å². The fourth-order valence-corrected chi connectivity index (χ4v) is 2.64. The second-order valence-corrected chi connectivity index (χ2v) is 4.86. The minimum atomic E-state index is 0.629. The van der Waals surface area contributed by atoms with E-state index in [1.165, 1.54) is 25.7 Å². The Kier molecular flexibility index (Phi) is 4.94. The third-order valence-corrected chi connectivity index (χ3v) is 3.65. The Labute approximate surface area is 103 Å². The summed E-state index contributed by atoms with van der Waals surface area (Å²) in [6.45, 7) is 2.80. The summed E-state index contributed by atoms with van der Waals surface area (Å²) in [5, 5.41) is 11.4. The quantitative estimate of drug-likeness (QED) is 0.717. The average molecular weight is 237 g/mol. The zero-order valence-corrected chi connectivity index (χ0v) is 10.4. The molecule has 0 saturated heterocycles. The molecule has 2 atom stereocenters. The molecule has 0 aromatic carbocycles. The topological polar surface area (TPSA) is 68.8 Å². The third kappa shape index (κ3) is 3.78. The van der Waals surface area contributed by atoms with E-state index in [4.69, 9.17) is 5.73 Å². The van der Waals surface area contributed by atoms with Crippen molar-refractivity contribution in [2.45, 2.75) is 44.7 Å². The highest BCUT2D eigenvalue weighted by Crippen LogP contribution is 2.23. The fourth-order valence-electron chi connectivity index (χ4n) is 2.64. The van der Waals surface area contributed by atoms with Gasteiger partial charge in [0.15, 0.2) is 0 Å². The molecular formula is C12H23N5. The number of hydrogen-bond acceptors (Lipinski definition) is 4. The first-order chi connectivity index (χ1) is 8.40. The van der Waals surface area contributed by atoms with Gasteiger partial charge in [0.25, 0.3) is 0 Å². The van der Waals surface area contributed by atoms with Crippen molar-refractivity contribution in [1.29, 1.82) is 0 Å². The van der Waals surface area contributed by atoms with Gasteiger partial charge in [0, 0.05) is 18.8 Å². The second-order valence-electron chi connectivity index (χ2n) is 4.86. The summed E-state index contributed by atoms with van der Waals surface area (Å²) < 4.78 is 1.88. The summed E-state index contributed by atoms with van der Waals surface area (Å²) >= 11 is 0. The summed E-state index contributed by atoms with van der Waals surface area (Å²) in [7, 11) is 0. The van der Waals surface area contributed by atoms with Crippen molar-refractivity contribution in [3.05, 3.63) is 12.4 Å². The molecule has 0 spiro atoms. The van der Waals surface area contributed by atoms with Crippen molar-refractivity contribution < 1.29 is 0 Å². The molecule has 1 aliphatic rings. The van der Waals surface area contributed by atoms with E-state index in [0.29, 0.717) is 12.0 Å². The SMILES string of the molecule is NCC1CCCCC1NCCCn1ccnn1. The molecule has 3 N–H and O–H groups in total. The van der Waals surface area contributed by atoms with E-state index in [1.54, 1.807) is 6.20 Å². The van der Waals surface area contributed by atoms with Crippen molar-refractivity contribution in [2.75, 3.05) is 13.1 Å². The Morgan fingerprint density at radius 1 is 1.35 bits per heavy atom. The zero-order valence-electron chi connectivity index (χ0n) is 10.4. The number of nitrogens with zero attached hydrogens (tertiary/aromatic N) is 3. The minimum Gasteiger partial charge on any atom is -0.330 e. The minimum absolute atomic E-state index is 0.629. The maximum absolute atomic E-state index is 5.81. The molecule has 17 heavy (non-hydrogen) atoms. The predicted molar refractivity (Wildman–Crippen MR) is 67.4 cm³/mol. The Bertz CT molecular complexity index is 298. The molecule has 96 valence electrons. The highest BCUT2D eigenvalue weighted by atomic mass is 15.4. The van der Waals surface area contributed by atoms with Crippen LogP contribution >= 0.6 is 0 Å². The molecule has 5 nitrogen and oxygen atoms in total. The first-order valence-electron chi connectivity index (χ1n) is 6.67. The van der Waals surface area contributed by atoms with Crippen molar-refractivity contribution >= 4 is 0 Å². The van der Waals surface area contributed by atoms with Crippen LogP contribution in [-0.2, 0) is 6.54 Å². The van der Waals surface area contributed by atoms with Gasteiger partial charge >= 0.3 is 0 Å². The molecule has 1 aromatic heterocycles. The smallest absolute Gasteiger partial charge is 0.0692 e. The molecule has 1 aliphatic carbocycles. The number of hydrogen-bond donors (Lipinski definition) is 2. The van der Waals surface area contributed by atoms with E-state index in [0.717, 1.165) is 26.1 Å². The molecule has 2 rings (SSSR count). The lowest BCUT2D eigenvalue weighted by atomic mass is 9.84. The summed E-state index contributed by atoms with van der Waals surface area (Å²) in [6, 6.07) is 0.629. The molecule has 0 bridgehead atoms. The van der Waals surface area contributed by atoms with Crippen LogP contribution in [0.2, 0.25) is 0 Å². The van der Waals surface area contributed by atoms with Gasteiger partial charge in [-0.3, -0.25) is 4.68 Å². The molecule has 1 aromatic rings. The van der Waals surface area contributed by atoms with E-state index in [9.17, 15) is 0 Å². The monoisotopic (exact) mass is 237 g/mol. The van der Waals surface area contributed by atoms with Crippen LogP contribution in [-0.4, -0.2) is 34.1 Å². The van der Waals surface area contributed by atoms with Gasteiger partial charge < -0.3 is 11.1 Å². The normalized spacial score (nSPS) is 25.0. The number of aryl methyl sites for hydroxylation is 1. The van der Waals surface area contributed by atoms with Gasteiger partial charge in [-0.1, -0.05) is 18.1 Å². The Morgan fingerprint density at radius 2 is 2.24 bits per heavy atom. The van der Waals surface area contributed by atoms with Crippen molar-refractivity contribution in [1.82, 2.24) is 20.3 Å². The Balaban J connectivity index is 1.63. The van der Waals surface area contributed by atoms with Gasteiger partial charge in [-0.15, -0.1) is 5.10 Å². The van der Waals surface area contributed by atoms with Gasteiger partial charge in [0.05, 0.1) is 6.20 Å². The average Bonchev–Trinajstić information content (AvgIpc) is 2.88. The molecule has 1 saturated carbocycles. The van der Waals surface area contributed by atoms with Crippen LogP contribution < -0.4 is 11.1 Å². The Hall–Kier alpha value is -0.940. The summed E-state index contributed by atoms with van der Waals surface area (Å²) in [5.41, 5.74) is 5.81. The molecular weight excluding hydrogens is 214 g/mol. The summed E-state index contributed by atoms with van der Waals surface area (Å²) in [4.78, 5) is 0.